The standard InChI is InChI=1S/C18H26O/c1-2-6-17-9-3-4-10-18(17)12-11-15-7-5-8-16(13-15)14-19/h5,7-8,13-14,17-18H,2-4,6,9-12H2,1H3. The van der Waals surface area contributed by atoms with Crippen LogP contribution < -0.4 is 0 Å². The van der Waals surface area contributed by atoms with E-state index in [-0.39, 0.29) is 0 Å². The molecule has 0 N–H and O–H groups in total. The Morgan fingerprint density at radius 1 is 1.16 bits per heavy atom. The smallest absolute Gasteiger partial charge is 0.150 e. The van der Waals surface area contributed by atoms with Crippen molar-refractivity contribution in [1.29, 1.82) is 0 Å². The Hall–Kier alpha value is -1.11. The van der Waals surface area contributed by atoms with Gasteiger partial charge in [-0.25, -0.2) is 0 Å². The minimum Gasteiger partial charge on any atom is -0.298 e. The molecule has 2 unspecified atom stereocenters. The summed E-state index contributed by atoms with van der Waals surface area (Å²) in [6, 6.07) is 8.09. The van der Waals surface area contributed by atoms with Gasteiger partial charge in [0.1, 0.15) is 6.29 Å². The minimum atomic E-state index is 0.811. The van der Waals surface area contributed by atoms with E-state index in [9.17, 15) is 4.79 Å². The third-order valence-corrected chi connectivity index (χ3v) is 4.62. The van der Waals surface area contributed by atoms with E-state index >= 15 is 0 Å². The van der Waals surface area contributed by atoms with Crippen LogP contribution in [-0.4, -0.2) is 6.29 Å². The number of carbonyl (C=O) groups excluding carboxylic acids is 1. The molecule has 0 amide bonds. The van der Waals surface area contributed by atoms with Crippen LogP contribution in [0.3, 0.4) is 0 Å². The largest absolute Gasteiger partial charge is 0.298 e. The van der Waals surface area contributed by atoms with Crippen LogP contribution >= 0.6 is 0 Å². The SMILES string of the molecule is CCCC1CCCCC1CCc1cccc(C=O)c1. The van der Waals surface area contributed by atoms with E-state index < -0.39 is 0 Å². The number of hydrogen-bond acceptors (Lipinski definition) is 1. The Labute approximate surface area is 117 Å². The summed E-state index contributed by atoms with van der Waals surface area (Å²) < 4.78 is 0. The Morgan fingerprint density at radius 2 is 1.89 bits per heavy atom. The predicted octanol–water partition coefficient (Wildman–Crippen LogP) is 5.04. The maximum atomic E-state index is 10.8. The number of aryl methyl sites for hydroxylation is 1. The molecule has 1 aromatic rings. The molecule has 1 heteroatoms. The summed E-state index contributed by atoms with van der Waals surface area (Å²) >= 11 is 0. The van der Waals surface area contributed by atoms with Gasteiger partial charge >= 0.3 is 0 Å². The van der Waals surface area contributed by atoms with Crippen molar-refractivity contribution in [2.75, 3.05) is 0 Å². The lowest BCUT2D eigenvalue weighted by Crippen LogP contribution is -2.20. The average molecular weight is 258 g/mol. The van der Waals surface area contributed by atoms with Crippen LogP contribution in [0.5, 0.6) is 0 Å². The molecular formula is C18H26O. The van der Waals surface area contributed by atoms with Gasteiger partial charge in [0.2, 0.25) is 0 Å². The molecular weight excluding hydrogens is 232 g/mol. The molecule has 0 aromatic heterocycles. The average Bonchev–Trinajstić information content (AvgIpc) is 2.47. The highest BCUT2D eigenvalue weighted by molar-refractivity contribution is 5.74. The van der Waals surface area contributed by atoms with Gasteiger partial charge in [-0.2, -0.15) is 0 Å². The van der Waals surface area contributed by atoms with E-state index in [1.807, 2.05) is 18.2 Å². The van der Waals surface area contributed by atoms with Crippen molar-refractivity contribution in [3.63, 3.8) is 0 Å². The van der Waals surface area contributed by atoms with Crippen molar-refractivity contribution in [1.82, 2.24) is 0 Å². The molecule has 2 atom stereocenters. The predicted molar refractivity (Wildman–Crippen MR) is 80.5 cm³/mol. The van der Waals surface area contributed by atoms with Crippen molar-refractivity contribution in [3.05, 3.63) is 35.4 Å². The summed E-state index contributed by atoms with van der Waals surface area (Å²) in [5, 5.41) is 0. The third-order valence-electron chi connectivity index (χ3n) is 4.62. The quantitative estimate of drug-likeness (QED) is 0.653. The second-order valence-corrected chi connectivity index (χ2v) is 5.99. The molecule has 0 saturated heterocycles. The van der Waals surface area contributed by atoms with E-state index in [2.05, 4.69) is 13.0 Å². The van der Waals surface area contributed by atoms with Gasteiger partial charge in [-0.05, 0) is 36.3 Å². The fourth-order valence-corrected chi connectivity index (χ4v) is 3.59. The second kappa shape index (κ2) is 7.47. The first-order valence-corrected chi connectivity index (χ1v) is 7.87. The van der Waals surface area contributed by atoms with Gasteiger partial charge in [0, 0.05) is 5.56 Å². The summed E-state index contributed by atoms with van der Waals surface area (Å²) in [6.07, 6.45) is 11.8. The molecule has 1 aliphatic rings. The maximum absolute atomic E-state index is 10.8. The molecule has 0 spiro atoms. The van der Waals surface area contributed by atoms with Crippen LogP contribution in [0, 0.1) is 11.8 Å². The Bertz CT molecular complexity index is 394. The first-order valence-electron chi connectivity index (χ1n) is 7.87. The highest BCUT2D eigenvalue weighted by Gasteiger charge is 2.23. The van der Waals surface area contributed by atoms with Crippen LogP contribution in [0.2, 0.25) is 0 Å². The van der Waals surface area contributed by atoms with E-state index in [1.165, 1.54) is 50.5 Å². The number of aldehydes is 1. The Kier molecular flexibility index (Phi) is 5.62. The van der Waals surface area contributed by atoms with Crippen LogP contribution in [-0.2, 0) is 6.42 Å². The van der Waals surface area contributed by atoms with Crippen molar-refractivity contribution < 1.29 is 4.79 Å². The van der Waals surface area contributed by atoms with E-state index in [4.69, 9.17) is 0 Å². The summed E-state index contributed by atoms with van der Waals surface area (Å²) in [6.45, 7) is 2.30. The van der Waals surface area contributed by atoms with Crippen molar-refractivity contribution >= 4 is 6.29 Å². The molecule has 104 valence electrons. The van der Waals surface area contributed by atoms with Crippen LogP contribution in [0.25, 0.3) is 0 Å². The number of benzene rings is 1. The number of hydrogen-bond donors (Lipinski definition) is 0. The second-order valence-electron chi connectivity index (χ2n) is 5.99. The molecule has 1 aromatic carbocycles. The first kappa shape index (κ1) is 14.3. The van der Waals surface area contributed by atoms with Crippen LogP contribution in [0.4, 0.5) is 0 Å². The lowest BCUT2D eigenvalue weighted by molar-refractivity contribution is 0.112. The van der Waals surface area contributed by atoms with E-state index in [0.29, 0.717) is 0 Å². The van der Waals surface area contributed by atoms with Crippen molar-refractivity contribution in [3.8, 4) is 0 Å². The summed E-state index contributed by atoms with van der Waals surface area (Å²) in [7, 11) is 0. The van der Waals surface area contributed by atoms with Gasteiger partial charge in [-0.3, -0.25) is 4.79 Å². The van der Waals surface area contributed by atoms with Crippen LogP contribution in [0.1, 0.15) is 67.8 Å². The molecule has 1 aliphatic carbocycles. The van der Waals surface area contributed by atoms with Crippen molar-refractivity contribution in [2.45, 2.75) is 58.3 Å². The lowest BCUT2D eigenvalue weighted by atomic mass is 9.74. The molecule has 1 fully saturated rings. The van der Waals surface area contributed by atoms with Gasteiger partial charge < -0.3 is 0 Å². The minimum absolute atomic E-state index is 0.811. The maximum Gasteiger partial charge on any atom is 0.150 e. The van der Waals surface area contributed by atoms with Gasteiger partial charge in [0.15, 0.2) is 0 Å². The molecule has 0 bridgehead atoms. The zero-order valence-corrected chi connectivity index (χ0v) is 12.1. The Morgan fingerprint density at radius 3 is 2.58 bits per heavy atom. The third kappa shape index (κ3) is 4.19. The van der Waals surface area contributed by atoms with Gasteiger partial charge in [0.25, 0.3) is 0 Å². The Balaban J connectivity index is 1.90. The van der Waals surface area contributed by atoms with Crippen LogP contribution in [0.15, 0.2) is 24.3 Å². The highest BCUT2D eigenvalue weighted by Crippen LogP contribution is 2.35. The van der Waals surface area contributed by atoms with Gasteiger partial charge in [-0.15, -0.1) is 0 Å². The topological polar surface area (TPSA) is 17.1 Å². The highest BCUT2D eigenvalue weighted by atomic mass is 16.1. The summed E-state index contributed by atoms with van der Waals surface area (Å²) in [4.78, 5) is 10.8. The fourth-order valence-electron chi connectivity index (χ4n) is 3.59. The normalized spacial score (nSPS) is 23.2. The number of rotatable bonds is 6. The number of carbonyl (C=O) groups is 1. The van der Waals surface area contributed by atoms with Gasteiger partial charge in [0.05, 0.1) is 0 Å². The molecule has 0 aliphatic heterocycles. The zero-order chi connectivity index (χ0) is 13.5. The molecule has 0 radical (unpaired) electrons. The molecule has 1 saturated carbocycles. The molecule has 1 nitrogen and oxygen atoms in total. The van der Waals surface area contributed by atoms with Crippen molar-refractivity contribution in [2.24, 2.45) is 11.8 Å². The van der Waals surface area contributed by atoms with Gasteiger partial charge in [-0.1, -0.05) is 63.6 Å². The van der Waals surface area contributed by atoms with E-state index in [0.717, 1.165) is 30.1 Å². The molecule has 0 heterocycles. The molecule has 19 heavy (non-hydrogen) atoms. The summed E-state index contributed by atoms with van der Waals surface area (Å²) in [5.74, 6) is 1.86. The van der Waals surface area contributed by atoms with E-state index in [1.54, 1.807) is 0 Å². The summed E-state index contributed by atoms with van der Waals surface area (Å²) in [5.41, 5.74) is 2.14. The molecule has 2 rings (SSSR count). The lowest BCUT2D eigenvalue weighted by Gasteiger charge is -2.31. The fraction of sp³-hybridized carbons (Fsp3) is 0.611. The zero-order valence-electron chi connectivity index (χ0n) is 12.1. The first-order chi connectivity index (χ1) is 9.33. The monoisotopic (exact) mass is 258 g/mol.